The van der Waals surface area contributed by atoms with E-state index in [4.69, 9.17) is 15.3 Å². The predicted molar refractivity (Wildman–Crippen MR) is 105 cm³/mol. The van der Waals surface area contributed by atoms with Gasteiger partial charge in [-0.2, -0.15) is 15.8 Å². The third-order valence-electron chi connectivity index (χ3n) is 4.16. The van der Waals surface area contributed by atoms with Crippen molar-refractivity contribution in [2.24, 2.45) is 0 Å². The maximum absolute atomic E-state index is 9.56. The van der Waals surface area contributed by atoms with Crippen LogP contribution in [0.2, 0.25) is 0 Å². The molecule has 1 aliphatic heterocycles. The molecule has 0 spiro atoms. The lowest BCUT2D eigenvalue weighted by Gasteiger charge is -2.20. The zero-order valence-corrected chi connectivity index (χ0v) is 15.7. The Balaban J connectivity index is 1.99. The van der Waals surface area contributed by atoms with E-state index >= 15 is 0 Å². The number of rotatable bonds is 3. The van der Waals surface area contributed by atoms with E-state index in [1.165, 1.54) is 0 Å². The van der Waals surface area contributed by atoms with Crippen molar-refractivity contribution < 1.29 is 4.74 Å². The molecule has 2 heterocycles. The number of hydrogen-bond acceptors (Lipinski definition) is 5. The maximum Gasteiger partial charge on any atom is 0.172 e. The Labute approximate surface area is 162 Å². The number of nitrogens with zero attached hydrogens (tertiary/aromatic N) is 3. The van der Waals surface area contributed by atoms with Gasteiger partial charge in [-0.3, -0.25) is 0 Å². The normalized spacial score (nSPS) is 15.1. The summed E-state index contributed by atoms with van der Waals surface area (Å²) in [5, 5.41) is 27.8. The molecule has 5 heteroatoms. The molecule has 1 aromatic carbocycles. The van der Waals surface area contributed by atoms with E-state index in [-0.39, 0.29) is 16.9 Å². The molecule has 2 aromatic rings. The average molecular weight is 369 g/mol. The molecule has 0 fully saturated rings. The van der Waals surface area contributed by atoms with Crippen molar-refractivity contribution in [2.45, 2.75) is 19.4 Å². The molecular weight excluding hydrogens is 354 g/mol. The van der Waals surface area contributed by atoms with Gasteiger partial charge < -0.3 is 4.74 Å². The van der Waals surface area contributed by atoms with Crippen LogP contribution in [-0.2, 0) is 4.74 Å². The third-order valence-corrected chi connectivity index (χ3v) is 5.26. The highest BCUT2D eigenvalue weighted by molar-refractivity contribution is 7.16. The van der Waals surface area contributed by atoms with Crippen LogP contribution in [0.5, 0.6) is 0 Å². The van der Waals surface area contributed by atoms with Gasteiger partial charge in [-0.05, 0) is 37.6 Å². The average Bonchev–Trinajstić information content (AvgIpc) is 3.24. The molecular formula is C22H15N3OS. The number of allylic oxidation sites excluding steroid dienone is 2. The summed E-state index contributed by atoms with van der Waals surface area (Å²) in [5.41, 5.74) is 1.05. The van der Waals surface area contributed by atoms with Gasteiger partial charge in [0.15, 0.2) is 11.3 Å². The van der Waals surface area contributed by atoms with E-state index in [0.717, 1.165) is 15.3 Å². The molecule has 0 aliphatic carbocycles. The van der Waals surface area contributed by atoms with Gasteiger partial charge in [0.25, 0.3) is 0 Å². The molecule has 0 unspecified atom stereocenters. The number of hydrogen-bond donors (Lipinski definition) is 0. The Bertz CT molecular complexity index is 1080. The van der Waals surface area contributed by atoms with E-state index in [1.807, 2.05) is 50.3 Å². The minimum absolute atomic E-state index is 0.0586. The van der Waals surface area contributed by atoms with E-state index in [9.17, 15) is 5.26 Å². The second-order valence-corrected chi connectivity index (χ2v) is 7.46. The predicted octanol–water partition coefficient (Wildman–Crippen LogP) is 5.36. The third kappa shape index (κ3) is 3.53. The summed E-state index contributed by atoms with van der Waals surface area (Å²) in [5.74, 6) is 0.0586. The van der Waals surface area contributed by atoms with Crippen molar-refractivity contribution in [2.75, 3.05) is 0 Å². The molecule has 3 rings (SSSR count). The van der Waals surface area contributed by atoms with Gasteiger partial charge in [-0.15, -0.1) is 11.3 Å². The van der Waals surface area contributed by atoms with Crippen LogP contribution in [0.15, 0.2) is 71.0 Å². The highest BCUT2D eigenvalue weighted by Gasteiger charge is 2.38. The Kier molecular flexibility index (Phi) is 4.95. The van der Waals surface area contributed by atoms with E-state index in [2.05, 4.69) is 24.3 Å². The largest absolute Gasteiger partial charge is 0.480 e. The Morgan fingerprint density at radius 3 is 2.33 bits per heavy atom. The van der Waals surface area contributed by atoms with Crippen molar-refractivity contribution >= 4 is 17.4 Å². The highest BCUT2D eigenvalue weighted by Crippen LogP contribution is 2.40. The summed E-state index contributed by atoms with van der Waals surface area (Å²) in [6.07, 6.45) is 3.76. The lowest BCUT2D eigenvalue weighted by molar-refractivity contribution is 0.0954. The summed E-state index contributed by atoms with van der Waals surface area (Å²) >= 11 is 1.64. The Morgan fingerprint density at radius 2 is 1.70 bits per heavy atom. The fraction of sp³-hybridized carbons (Fsp3) is 0.136. The van der Waals surface area contributed by atoms with Gasteiger partial charge in [-0.25, -0.2) is 0 Å². The van der Waals surface area contributed by atoms with Gasteiger partial charge in [0, 0.05) is 15.3 Å². The minimum Gasteiger partial charge on any atom is -0.480 e. The number of nitriles is 3. The molecule has 0 amide bonds. The lowest BCUT2D eigenvalue weighted by atomic mass is 9.94. The molecule has 0 radical (unpaired) electrons. The summed E-state index contributed by atoms with van der Waals surface area (Å²) in [6.45, 7) is 3.63. The smallest absolute Gasteiger partial charge is 0.172 e. The second kappa shape index (κ2) is 7.34. The first kappa shape index (κ1) is 18.2. The molecule has 130 valence electrons. The second-order valence-electron chi connectivity index (χ2n) is 6.34. The Morgan fingerprint density at radius 1 is 1.00 bits per heavy atom. The van der Waals surface area contributed by atoms with Gasteiger partial charge in [0.05, 0.1) is 0 Å². The van der Waals surface area contributed by atoms with Crippen LogP contribution in [0.1, 0.15) is 18.7 Å². The van der Waals surface area contributed by atoms with E-state index in [1.54, 1.807) is 23.5 Å². The van der Waals surface area contributed by atoms with Crippen LogP contribution in [-0.4, -0.2) is 5.60 Å². The van der Waals surface area contributed by atoms with Crippen molar-refractivity contribution in [3.05, 3.63) is 75.9 Å². The molecule has 0 N–H and O–H groups in total. The fourth-order valence-electron chi connectivity index (χ4n) is 2.85. The molecule has 0 saturated carbocycles. The zero-order valence-electron chi connectivity index (χ0n) is 14.9. The van der Waals surface area contributed by atoms with Crippen LogP contribution < -0.4 is 0 Å². The lowest BCUT2D eigenvalue weighted by Crippen LogP contribution is -2.20. The van der Waals surface area contributed by atoms with Crippen molar-refractivity contribution in [1.29, 1.82) is 15.8 Å². The van der Waals surface area contributed by atoms with Crippen molar-refractivity contribution in [3.8, 4) is 28.6 Å². The fourth-order valence-corrected chi connectivity index (χ4v) is 3.76. The van der Waals surface area contributed by atoms with Crippen molar-refractivity contribution in [3.63, 3.8) is 0 Å². The van der Waals surface area contributed by atoms with Gasteiger partial charge in [0.1, 0.15) is 29.4 Å². The molecule has 1 aromatic heterocycles. The first-order valence-electron chi connectivity index (χ1n) is 8.22. The molecule has 27 heavy (non-hydrogen) atoms. The van der Waals surface area contributed by atoms with E-state index in [0.29, 0.717) is 5.57 Å². The quantitative estimate of drug-likeness (QED) is 0.682. The first-order valence-corrected chi connectivity index (χ1v) is 9.04. The highest BCUT2D eigenvalue weighted by atomic mass is 32.1. The SMILES string of the molecule is CC1(C)OC(=C(C#N)C#N)C(C#N)=C1C=Cc1ccc(-c2ccccc2)s1. The summed E-state index contributed by atoms with van der Waals surface area (Å²) in [6, 6.07) is 19.9. The van der Waals surface area contributed by atoms with Crippen LogP contribution in [0.3, 0.4) is 0 Å². The van der Waals surface area contributed by atoms with Crippen LogP contribution in [0, 0.1) is 34.0 Å². The molecule has 1 aliphatic rings. The van der Waals surface area contributed by atoms with Gasteiger partial charge >= 0.3 is 0 Å². The summed E-state index contributed by atoms with van der Waals surface area (Å²) in [7, 11) is 0. The number of ether oxygens (including phenoxy) is 1. The number of benzene rings is 1. The topological polar surface area (TPSA) is 80.6 Å². The number of thiophene rings is 1. The standard InChI is InChI=1S/C22H15N3OS/c1-22(2)19(18(14-25)21(26-22)16(12-23)13-24)10-8-17-9-11-20(27-17)15-6-4-3-5-7-15/h3-11H,1-2H3. The van der Waals surface area contributed by atoms with Gasteiger partial charge in [-0.1, -0.05) is 36.4 Å². The minimum atomic E-state index is -0.796. The molecule has 0 saturated heterocycles. The molecule has 0 bridgehead atoms. The zero-order chi connectivity index (χ0) is 19.4. The maximum atomic E-state index is 9.56. The van der Waals surface area contributed by atoms with Crippen LogP contribution >= 0.6 is 11.3 Å². The summed E-state index contributed by atoms with van der Waals surface area (Å²) in [4.78, 5) is 2.19. The van der Waals surface area contributed by atoms with Gasteiger partial charge in [0.2, 0.25) is 0 Å². The monoisotopic (exact) mass is 369 g/mol. The van der Waals surface area contributed by atoms with Crippen LogP contribution in [0.4, 0.5) is 0 Å². The Hall–Kier alpha value is -3.59. The van der Waals surface area contributed by atoms with Crippen LogP contribution in [0.25, 0.3) is 16.5 Å². The first-order chi connectivity index (χ1) is 13.0. The molecule has 4 nitrogen and oxygen atoms in total. The van der Waals surface area contributed by atoms with Crippen molar-refractivity contribution in [1.82, 2.24) is 0 Å². The van der Waals surface area contributed by atoms with E-state index < -0.39 is 5.60 Å². The summed E-state index contributed by atoms with van der Waals surface area (Å²) < 4.78 is 5.76. The molecule has 0 atom stereocenters.